The van der Waals surface area contributed by atoms with Crippen LogP contribution in [0.3, 0.4) is 0 Å². The fraction of sp³-hybridized carbons (Fsp3) is 0.143. The number of ether oxygens (including phenoxy) is 2. The molecule has 0 atom stereocenters. The first-order valence-corrected chi connectivity index (χ1v) is 8.17. The van der Waals surface area contributed by atoms with E-state index in [1.165, 1.54) is 32.5 Å². The van der Waals surface area contributed by atoms with Gasteiger partial charge in [0.1, 0.15) is 17.3 Å². The van der Waals surface area contributed by atoms with Crippen LogP contribution in [0.1, 0.15) is 16.1 Å². The zero-order valence-electron chi connectivity index (χ0n) is 15.1. The van der Waals surface area contributed by atoms with Crippen LogP contribution in [-0.2, 0) is 0 Å². The third-order valence-electron chi connectivity index (χ3n) is 4.27. The lowest BCUT2D eigenvalue weighted by Crippen LogP contribution is -2.05. The minimum absolute atomic E-state index is 0.0373. The Morgan fingerprint density at radius 1 is 0.963 bits per heavy atom. The Labute approximate surface area is 156 Å². The monoisotopic (exact) mass is 367 g/mol. The average Bonchev–Trinajstić information content (AvgIpc) is 2.67. The van der Waals surface area contributed by atoms with Crippen LogP contribution in [0.4, 0.5) is 4.39 Å². The summed E-state index contributed by atoms with van der Waals surface area (Å²) in [6.45, 7) is 1.78. The SMILES string of the molecule is COc1cc(OC)cc(-c2c(C(=O)O)cnc(C)c2-c2ccc(F)cc2)c1. The predicted octanol–water partition coefficient (Wildman–Crippen LogP) is 4.58. The van der Waals surface area contributed by atoms with Crippen molar-refractivity contribution in [3.05, 3.63) is 65.7 Å². The summed E-state index contributed by atoms with van der Waals surface area (Å²) >= 11 is 0. The van der Waals surface area contributed by atoms with E-state index in [0.717, 1.165) is 0 Å². The molecule has 0 aliphatic rings. The molecule has 3 aromatic rings. The minimum atomic E-state index is -1.11. The highest BCUT2D eigenvalue weighted by atomic mass is 19.1. The molecule has 0 spiro atoms. The van der Waals surface area contributed by atoms with E-state index in [9.17, 15) is 14.3 Å². The summed E-state index contributed by atoms with van der Waals surface area (Å²) in [5, 5.41) is 9.72. The topological polar surface area (TPSA) is 68.7 Å². The Morgan fingerprint density at radius 2 is 1.56 bits per heavy atom. The van der Waals surface area contributed by atoms with Gasteiger partial charge < -0.3 is 14.6 Å². The molecule has 0 fully saturated rings. The number of halogens is 1. The molecule has 0 saturated carbocycles. The van der Waals surface area contributed by atoms with Crippen molar-refractivity contribution in [1.82, 2.24) is 4.98 Å². The molecule has 6 heteroatoms. The molecule has 0 aliphatic heterocycles. The standard InChI is InChI=1S/C21H18FNO4/c1-12-19(13-4-6-15(22)7-5-13)20(18(11-23-12)21(24)25)14-8-16(26-2)10-17(9-14)27-3/h4-11H,1-3H3,(H,24,25). The van der Waals surface area contributed by atoms with Gasteiger partial charge in [0.05, 0.1) is 19.8 Å². The molecule has 1 heterocycles. The lowest BCUT2D eigenvalue weighted by Gasteiger charge is -2.17. The van der Waals surface area contributed by atoms with Gasteiger partial charge in [-0.1, -0.05) is 12.1 Å². The molecule has 2 aromatic carbocycles. The molecule has 0 saturated heterocycles. The van der Waals surface area contributed by atoms with Crippen molar-refractivity contribution < 1.29 is 23.8 Å². The zero-order chi connectivity index (χ0) is 19.6. The quantitative estimate of drug-likeness (QED) is 0.715. The first-order valence-electron chi connectivity index (χ1n) is 8.17. The van der Waals surface area contributed by atoms with Gasteiger partial charge in [-0.05, 0) is 42.3 Å². The summed E-state index contributed by atoms with van der Waals surface area (Å²) in [5.41, 5.74) is 3.03. The van der Waals surface area contributed by atoms with Crippen LogP contribution in [-0.4, -0.2) is 30.3 Å². The van der Waals surface area contributed by atoms with Gasteiger partial charge in [-0.3, -0.25) is 4.98 Å². The largest absolute Gasteiger partial charge is 0.497 e. The van der Waals surface area contributed by atoms with Crippen LogP contribution in [0.15, 0.2) is 48.7 Å². The number of hydrogen-bond donors (Lipinski definition) is 1. The van der Waals surface area contributed by atoms with Crippen LogP contribution in [0.25, 0.3) is 22.3 Å². The fourth-order valence-electron chi connectivity index (χ4n) is 2.99. The molecule has 5 nitrogen and oxygen atoms in total. The van der Waals surface area contributed by atoms with E-state index >= 15 is 0 Å². The molecule has 0 unspecified atom stereocenters. The van der Waals surface area contributed by atoms with Gasteiger partial charge in [0.25, 0.3) is 0 Å². The number of carboxylic acid groups (broad SMARTS) is 1. The third kappa shape index (κ3) is 3.60. The van der Waals surface area contributed by atoms with Crippen molar-refractivity contribution in [2.24, 2.45) is 0 Å². The van der Waals surface area contributed by atoms with E-state index in [4.69, 9.17) is 9.47 Å². The molecule has 1 N–H and O–H groups in total. The van der Waals surface area contributed by atoms with Crippen LogP contribution in [0, 0.1) is 12.7 Å². The van der Waals surface area contributed by atoms with E-state index < -0.39 is 5.97 Å². The fourth-order valence-corrected chi connectivity index (χ4v) is 2.99. The number of aromatic carboxylic acids is 1. The summed E-state index contributed by atoms with van der Waals surface area (Å²) in [7, 11) is 3.05. The van der Waals surface area contributed by atoms with Crippen LogP contribution in [0.2, 0.25) is 0 Å². The highest BCUT2D eigenvalue weighted by Gasteiger charge is 2.21. The van der Waals surface area contributed by atoms with Gasteiger partial charge in [-0.15, -0.1) is 0 Å². The number of aromatic nitrogens is 1. The average molecular weight is 367 g/mol. The van der Waals surface area contributed by atoms with Crippen LogP contribution >= 0.6 is 0 Å². The molecule has 138 valence electrons. The number of rotatable bonds is 5. The summed E-state index contributed by atoms with van der Waals surface area (Å²) in [4.78, 5) is 16.1. The second-order valence-corrected chi connectivity index (χ2v) is 5.92. The number of nitrogens with zero attached hydrogens (tertiary/aromatic N) is 1. The molecule has 0 bridgehead atoms. The Kier molecular flexibility index (Phi) is 5.07. The molecular formula is C21H18FNO4. The van der Waals surface area contributed by atoms with Crippen molar-refractivity contribution in [2.45, 2.75) is 6.92 Å². The highest BCUT2D eigenvalue weighted by Crippen LogP contribution is 2.39. The van der Waals surface area contributed by atoms with E-state index in [0.29, 0.717) is 39.4 Å². The van der Waals surface area contributed by atoms with Gasteiger partial charge in [0.15, 0.2) is 0 Å². The molecular weight excluding hydrogens is 349 g/mol. The Balaban J connectivity index is 2.38. The van der Waals surface area contributed by atoms with Gasteiger partial charge in [-0.2, -0.15) is 0 Å². The van der Waals surface area contributed by atoms with Crippen molar-refractivity contribution >= 4 is 5.97 Å². The second-order valence-electron chi connectivity index (χ2n) is 5.92. The van der Waals surface area contributed by atoms with Gasteiger partial charge in [0.2, 0.25) is 0 Å². The number of benzene rings is 2. The molecule has 27 heavy (non-hydrogen) atoms. The van der Waals surface area contributed by atoms with E-state index in [1.54, 1.807) is 37.3 Å². The molecule has 0 amide bonds. The van der Waals surface area contributed by atoms with Crippen molar-refractivity contribution in [3.63, 3.8) is 0 Å². The Bertz CT molecular complexity index is 978. The smallest absolute Gasteiger partial charge is 0.337 e. The molecule has 0 radical (unpaired) electrons. The first kappa shape index (κ1) is 18.4. The summed E-state index contributed by atoms with van der Waals surface area (Å²) < 4.78 is 24.0. The van der Waals surface area contributed by atoms with Gasteiger partial charge in [-0.25, -0.2) is 9.18 Å². The number of pyridine rings is 1. The van der Waals surface area contributed by atoms with Crippen molar-refractivity contribution in [2.75, 3.05) is 14.2 Å². The Morgan fingerprint density at radius 3 is 2.07 bits per heavy atom. The predicted molar refractivity (Wildman–Crippen MR) is 99.9 cm³/mol. The first-order chi connectivity index (χ1) is 12.9. The normalized spacial score (nSPS) is 10.5. The molecule has 1 aromatic heterocycles. The van der Waals surface area contributed by atoms with Gasteiger partial charge in [0, 0.05) is 29.1 Å². The Hall–Kier alpha value is -3.41. The molecule has 3 rings (SSSR count). The number of hydrogen-bond acceptors (Lipinski definition) is 4. The van der Waals surface area contributed by atoms with Gasteiger partial charge >= 0.3 is 5.97 Å². The third-order valence-corrected chi connectivity index (χ3v) is 4.27. The lowest BCUT2D eigenvalue weighted by molar-refractivity contribution is 0.0697. The van der Waals surface area contributed by atoms with E-state index in [-0.39, 0.29) is 11.4 Å². The maximum Gasteiger partial charge on any atom is 0.337 e. The maximum atomic E-state index is 13.4. The lowest BCUT2D eigenvalue weighted by atomic mass is 9.90. The van der Waals surface area contributed by atoms with Crippen molar-refractivity contribution in [3.8, 4) is 33.8 Å². The number of carboxylic acids is 1. The maximum absolute atomic E-state index is 13.4. The highest BCUT2D eigenvalue weighted by molar-refractivity contribution is 6.01. The zero-order valence-corrected chi connectivity index (χ0v) is 15.1. The van der Waals surface area contributed by atoms with Crippen LogP contribution in [0.5, 0.6) is 11.5 Å². The number of carbonyl (C=O) groups is 1. The van der Waals surface area contributed by atoms with Crippen molar-refractivity contribution in [1.29, 1.82) is 0 Å². The number of aryl methyl sites for hydroxylation is 1. The minimum Gasteiger partial charge on any atom is -0.497 e. The number of methoxy groups -OCH3 is 2. The van der Waals surface area contributed by atoms with E-state index in [1.807, 2.05) is 0 Å². The van der Waals surface area contributed by atoms with E-state index in [2.05, 4.69) is 4.98 Å². The summed E-state index contributed by atoms with van der Waals surface area (Å²) in [5.74, 6) is -0.425. The molecule has 0 aliphatic carbocycles. The summed E-state index contributed by atoms with van der Waals surface area (Å²) in [6, 6.07) is 11.0. The second kappa shape index (κ2) is 7.45. The summed E-state index contributed by atoms with van der Waals surface area (Å²) in [6.07, 6.45) is 1.33. The van der Waals surface area contributed by atoms with Crippen LogP contribution < -0.4 is 9.47 Å².